The Balaban J connectivity index is 1.82. The van der Waals surface area contributed by atoms with Crippen LogP contribution in [0.15, 0.2) is 64.1 Å². The predicted octanol–water partition coefficient (Wildman–Crippen LogP) is 4.27. The van der Waals surface area contributed by atoms with Crippen LogP contribution in [0.2, 0.25) is 0 Å². The number of carbonyl (C=O) groups excluding carboxylic acids is 3. The molecule has 1 fully saturated rings. The van der Waals surface area contributed by atoms with Gasteiger partial charge in [-0.15, -0.1) is 11.8 Å². The third-order valence-corrected chi connectivity index (χ3v) is 8.71. The van der Waals surface area contributed by atoms with E-state index in [1.54, 1.807) is 24.3 Å². The van der Waals surface area contributed by atoms with E-state index in [2.05, 4.69) is 10.6 Å². The van der Waals surface area contributed by atoms with Gasteiger partial charge in [-0.3, -0.25) is 14.4 Å². The van der Waals surface area contributed by atoms with Gasteiger partial charge in [-0.1, -0.05) is 89.4 Å². The van der Waals surface area contributed by atoms with Crippen LogP contribution in [-0.2, 0) is 27.3 Å². The third-order valence-electron chi connectivity index (χ3n) is 6.41. The van der Waals surface area contributed by atoms with E-state index in [0.717, 1.165) is 16.7 Å². The summed E-state index contributed by atoms with van der Waals surface area (Å²) in [4.78, 5) is 40.9. The highest BCUT2D eigenvalue weighted by Crippen LogP contribution is 2.40. The molecule has 2 aromatic carbocycles. The van der Waals surface area contributed by atoms with Crippen LogP contribution in [0.5, 0.6) is 0 Å². The largest absolute Gasteiger partial charge is 0.381 e. The number of aliphatic hydroxyl groups excluding tert-OH is 1. The fourth-order valence-corrected chi connectivity index (χ4v) is 5.64. The van der Waals surface area contributed by atoms with Gasteiger partial charge >= 0.3 is 0 Å². The topological polar surface area (TPSA) is 98.7 Å². The number of hydrogen-bond donors (Lipinski definition) is 3. The second-order valence-electron chi connectivity index (χ2n) is 9.52. The molecule has 0 aliphatic carbocycles. The number of nitrogens with one attached hydrogen (secondary N) is 2. The number of carbonyl (C=O) groups is 3. The molecular weight excluding hydrogens is 569 g/mol. The summed E-state index contributed by atoms with van der Waals surface area (Å²) >= 11 is 18.6. The molecule has 1 aliphatic heterocycles. The zero-order valence-corrected chi connectivity index (χ0v) is 24.3. The first-order valence-corrected chi connectivity index (χ1v) is 14.0. The van der Waals surface area contributed by atoms with Gasteiger partial charge in [0.2, 0.25) is 5.91 Å². The zero-order chi connectivity index (χ0) is 28.0. The number of nitrogens with zero attached hydrogens (tertiary/aromatic N) is 1. The van der Waals surface area contributed by atoms with Crippen LogP contribution in [0.1, 0.15) is 30.5 Å². The zero-order valence-electron chi connectivity index (χ0n) is 21.2. The summed E-state index contributed by atoms with van der Waals surface area (Å²) in [7, 11) is 0. The van der Waals surface area contributed by atoms with Crippen molar-refractivity contribution in [3.8, 4) is 0 Å². The highest BCUT2D eigenvalue weighted by molar-refractivity contribution is 8.00. The van der Waals surface area contributed by atoms with Gasteiger partial charge in [-0.25, -0.2) is 0 Å². The van der Waals surface area contributed by atoms with Gasteiger partial charge in [0.15, 0.2) is 6.10 Å². The van der Waals surface area contributed by atoms with E-state index in [9.17, 15) is 19.5 Å². The molecule has 1 heterocycles. The first-order chi connectivity index (χ1) is 17.9. The average Bonchev–Trinajstić information content (AvgIpc) is 3.21. The van der Waals surface area contributed by atoms with Crippen molar-refractivity contribution >= 4 is 64.3 Å². The van der Waals surface area contributed by atoms with Gasteiger partial charge in [-0.05, 0) is 43.9 Å². The van der Waals surface area contributed by atoms with Crippen LogP contribution in [0.25, 0.3) is 0 Å². The number of amides is 3. The Kier molecular flexibility index (Phi) is 10.5. The number of hydrogen-bond acceptors (Lipinski definition) is 5. The van der Waals surface area contributed by atoms with Crippen LogP contribution in [0, 0.1) is 6.92 Å². The summed E-state index contributed by atoms with van der Waals surface area (Å²) in [6, 6.07) is 14.9. The van der Waals surface area contributed by atoms with Crippen molar-refractivity contribution in [3.63, 3.8) is 0 Å². The number of rotatable bonds is 9. The van der Waals surface area contributed by atoms with Gasteiger partial charge in [0.1, 0.15) is 15.6 Å². The Bertz CT molecular complexity index is 1210. The monoisotopic (exact) mass is 597 g/mol. The van der Waals surface area contributed by atoms with Gasteiger partial charge in [0, 0.05) is 11.3 Å². The summed E-state index contributed by atoms with van der Waals surface area (Å²) in [5.74, 6) is -1.64. The van der Waals surface area contributed by atoms with Crippen LogP contribution < -0.4 is 10.6 Å². The van der Waals surface area contributed by atoms with E-state index in [1.807, 2.05) is 51.1 Å². The molecule has 2 aromatic rings. The minimum atomic E-state index is -1.67. The lowest BCUT2D eigenvalue weighted by Gasteiger charge is -2.33. The maximum Gasteiger partial charge on any atom is 0.265 e. The molecule has 3 rings (SSSR count). The fraction of sp³-hybridized carbons (Fsp3) is 0.370. The highest BCUT2D eigenvalue weighted by Gasteiger charge is 2.49. The normalized spacial score (nSPS) is 17.9. The molecule has 0 saturated carbocycles. The quantitative estimate of drug-likeness (QED) is 0.375. The first-order valence-electron chi connectivity index (χ1n) is 11.9. The Morgan fingerprint density at radius 3 is 2.34 bits per heavy atom. The van der Waals surface area contributed by atoms with E-state index in [0.29, 0.717) is 6.54 Å². The first kappa shape index (κ1) is 30.3. The van der Waals surface area contributed by atoms with E-state index < -0.39 is 44.3 Å². The molecule has 0 aromatic heterocycles. The van der Waals surface area contributed by atoms with Crippen molar-refractivity contribution in [2.24, 2.45) is 0 Å². The lowest BCUT2D eigenvalue weighted by atomic mass is 9.97. The Labute approximate surface area is 241 Å². The molecule has 38 heavy (non-hydrogen) atoms. The lowest BCUT2D eigenvalue weighted by molar-refractivity contribution is -0.147. The third kappa shape index (κ3) is 7.45. The molecule has 3 amide bonds. The predicted molar refractivity (Wildman–Crippen MR) is 153 cm³/mol. The van der Waals surface area contributed by atoms with Crippen molar-refractivity contribution in [1.82, 2.24) is 15.5 Å². The number of halogens is 3. The van der Waals surface area contributed by atoms with Crippen LogP contribution >= 0.6 is 46.6 Å². The summed E-state index contributed by atoms with van der Waals surface area (Å²) in [6.07, 6.45) is -1.54. The second-order valence-corrected chi connectivity index (χ2v) is 12.4. The molecule has 3 atom stereocenters. The molecular formula is C27H30Cl3N3O4S. The lowest BCUT2D eigenvalue weighted by Crippen LogP contribution is -2.58. The van der Waals surface area contributed by atoms with Crippen LogP contribution in [0.3, 0.4) is 0 Å². The van der Waals surface area contributed by atoms with Crippen molar-refractivity contribution in [3.05, 3.63) is 80.8 Å². The van der Waals surface area contributed by atoms with Gasteiger partial charge in [0.25, 0.3) is 11.8 Å². The minimum absolute atomic E-state index is 0.123. The van der Waals surface area contributed by atoms with E-state index >= 15 is 0 Å². The second kappa shape index (κ2) is 13.2. The molecule has 3 unspecified atom stereocenters. The van der Waals surface area contributed by atoms with Gasteiger partial charge in [-0.2, -0.15) is 0 Å². The van der Waals surface area contributed by atoms with Crippen molar-refractivity contribution in [2.45, 2.75) is 56.7 Å². The number of benzene rings is 2. The van der Waals surface area contributed by atoms with Gasteiger partial charge < -0.3 is 20.6 Å². The Morgan fingerprint density at radius 1 is 1.08 bits per heavy atom. The smallest absolute Gasteiger partial charge is 0.265 e. The molecule has 11 heteroatoms. The molecule has 3 N–H and O–H groups in total. The summed E-state index contributed by atoms with van der Waals surface area (Å²) in [6.45, 7) is 6.03. The summed E-state index contributed by atoms with van der Waals surface area (Å²) < 4.78 is -1.05. The molecule has 204 valence electrons. The molecule has 1 saturated heterocycles. The van der Waals surface area contributed by atoms with Crippen LogP contribution in [-0.4, -0.2) is 56.5 Å². The maximum absolute atomic E-state index is 13.6. The molecule has 7 nitrogen and oxygen atoms in total. The van der Waals surface area contributed by atoms with Crippen molar-refractivity contribution < 1.29 is 19.5 Å². The van der Waals surface area contributed by atoms with E-state index in [1.165, 1.54) is 16.7 Å². The molecule has 0 radical (unpaired) electrons. The standard InChI is InChI=1S/C27H30Cl3N3O4S/c1-16-9-7-8-12-18(16)14-31-25(36)22-27(2,3)38-15-33(22)26(37)21(34)19(13-17-10-5-4-6-11-17)32-24(35)20(28)23(29)30/h4-12,19,21-22,34H,13-15H2,1-3H3,(H,31,36)(H,32,35). The molecule has 1 aliphatic rings. The fourth-order valence-electron chi connectivity index (χ4n) is 4.27. The summed E-state index contributed by atoms with van der Waals surface area (Å²) in [5, 5.41) is 16.3. The Morgan fingerprint density at radius 2 is 1.71 bits per heavy atom. The SMILES string of the molecule is Cc1ccccc1CNC(=O)C1N(C(=O)C(O)C(Cc2ccccc2)NC(=O)C(Cl)=C(Cl)Cl)CSC1(C)C. The minimum Gasteiger partial charge on any atom is -0.381 e. The number of thioether (sulfide) groups is 1. The molecule has 0 spiro atoms. The summed E-state index contributed by atoms with van der Waals surface area (Å²) in [5.41, 5.74) is 2.78. The van der Waals surface area contributed by atoms with E-state index in [-0.39, 0.29) is 18.2 Å². The Hall–Kier alpha value is -2.23. The number of aryl methyl sites for hydroxylation is 1. The van der Waals surface area contributed by atoms with Crippen LogP contribution in [0.4, 0.5) is 0 Å². The van der Waals surface area contributed by atoms with Crippen molar-refractivity contribution in [1.29, 1.82) is 0 Å². The van der Waals surface area contributed by atoms with Crippen molar-refractivity contribution in [2.75, 3.05) is 5.88 Å². The average molecular weight is 599 g/mol. The maximum atomic E-state index is 13.6. The molecule has 0 bridgehead atoms. The van der Waals surface area contributed by atoms with E-state index in [4.69, 9.17) is 34.8 Å². The highest BCUT2D eigenvalue weighted by atomic mass is 35.5. The number of aliphatic hydroxyl groups is 1. The van der Waals surface area contributed by atoms with Gasteiger partial charge in [0.05, 0.1) is 11.9 Å².